The summed E-state index contributed by atoms with van der Waals surface area (Å²) in [6.07, 6.45) is 0. The third-order valence-electron chi connectivity index (χ3n) is 11.1. The third-order valence-corrected chi connectivity index (χ3v) is 12.3. The summed E-state index contributed by atoms with van der Waals surface area (Å²) in [5.74, 6) is 0. The summed E-state index contributed by atoms with van der Waals surface area (Å²) in [4.78, 5) is 5.04. The van der Waals surface area contributed by atoms with Gasteiger partial charge >= 0.3 is 0 Å². The topological polar surface area (TPSA) is 15.3 Å². The number of hydrogen-bond donors (Lipinski definition) is 1. The third kappa shape index (κ3) is 4.49. The molecule has 0 amide bonds. The molecule has 3 aliphatic heterocycles. The minimum Gasteiger partial charge on any atom is -0.353 e. The molecule has 0 atom stereocenters. The summed E-state index contributed by atoms with van der Waals surface area (Å²) < 4.78 is 0. The van der Waals surface area contributed by atoms with Crippen LogP contribution in [0.4, 0.5) is 28.4 Å². The Hall–Kier alpha value is -6.23. The van der Waals surface area contributed by atoms with Crippen molar-refractivity contribution in [2.24, 2.45) is 0 Å². The second-order valence-corrected chi connectivity index (χ2v) is 15.0. The smallest absolute Gasteiger partial charge is 0.197 e. The average molecular weight is 692 g/mol. The molecule has 8 aromatic carbocycles. The molecule has 3 heterocycles. The first-order chi connectivity index (χ1) is 26.3. The van der Waals surface area contributed by atoms with Crippen molar-refractivity contribution in [3.63, 3.8) is 0 Å². The zero-order valence-corrected chi connectivity index (χ0v) is 29.6. The summed E-state index contributed by atoms with van der Waals surface area (Å²) in [5.41, 5.74) is 17.7. The van der Waals surface area contributed by atoms with Gasteiger partial charge in [-0.05, 0) is 80.8 Å². The number of rotatable bonds is 4. The average Bonchev–Trinajstić information content (AvgIpc) is 3.23. The number of anilines is 5. The minimum absolute atomic E-state index is 0.515. The number of nitrogens with zero attached hydrogens (tertiary/aromatic N) is 1. The van der Waals surface area contributed by atoms with Crippen LogP contribution in [0.2, 0.25) is 0 Å². The first kappa shape index (κ1) is 30.4. The Kier molecular flexibility index (Phi) is 6.83. The largest absolute Gasteiger partial charge is 0.353 e. The summed E-state index contributed by atoms with van der Waals surface area (Å²) in [6, 6.07) is 69.0. The van der Waals surface area contributed by atoms with E-state index in [9.17, 15) is 0 Å². The van der Waals surface area contributed by atoms with Gasteiger partial charge < -0.3 is 10.2 Å². The van der Waals surface area contributed by atoms with Gasteiger partial charge in [0.25, 0.3) is 0 Å². The first-order valence-electron chi connectivity index (χ1n) is 18.2. The molecule has 0 bridgehead atoms. The highest BCUT2D eigenvalue weighted by Crippen LogP contribution is 2.58. The summed E-state index contributed by atoms with van der Waals surface area (Å²) in [5, 5.41) is 3.85. The van der Waals surface area contributed by atoms with E-state index in [4.69, 9.17) is 0 Å². The lowest BCUT2D eigenvalue weighted by atomic mass is 9.54. The van der Waals surface area contributed by atoms with Crippen molar-refractivity contribution in [1.82, 2.24) is 0 Å². The fourth-order valence-electron chi connectivity index (χ4n) is 8.93. The maximum absolute atomic E-state index is 3.85. The molecule has 0 spiro atoms. The molecule has 0 unspecified atom stereocenters. The molecular formula is C49H32BN2S. The predicted molar refractivity (Wildman–Crippen MR) is 223 cm³/mol. The molecule has 3 aliphatic rings. The fraction of sp³-hybridized carbons (Fsp3) is 0.0204. The van der Waals surface area contributed by atoms with Crippen molar-refractivity contribution in [1.29, 1.82) is 0 Å². The first-order valence-corrected chi connectivity index (χ1v) is 19.0. The van der Waals surface area contributed by atoms with Crippen LogP contribution in [0.1, 0.15) is 22.3 Å². The molecule has 11 rings (SSSR count). The lowest BCUT2D eigenvalue weighted by molar-refractivity contribution is 0.732. The maximum atomic E-state index is 3.85. The van der Waals surface area contributed by atoms with Crippen LogP contribution in [-0.2, 0) is 5.41 Å². The van der Waals surface area contributed by atoms with Crippen molar-refractivity contribution >= 4 is 58.4 Å². The molecule has 4 heteroatoms. The van der Waals surface area contributed by atoms with Gasteiger partial charge in [0.2, 0.25) is 0 Å². The summed E-state index contributed by atoms with van der Waals surface area (Å²) in [6.45, 7) is 0. The molecule has 53 heavy (non-hydrogen) atoms. The van der Waals surface area contributed by atoms with Crippen LogP contribution in [0.5, 0.6) is 0 Å². The minimum atomic E-state index is -0.515. The lowest BCUT2D eigenvalue weighted by Crippen LogP contribution is -2.47. The van der Waals surface area contributed by atoms with Crippen molar-refractivity contribution in [3.05, 3.63) is 210 Å². The van der Waals surface area contributed by atoms with Gasteiger partial charge in [-0.25, -0.2) is 0 Å². The molecule has 247 valence electrons. The van der Waals surface area contributed by atoms with Crippen LogP contribution in [0.3, 0.4) is 0 Å². The molecule has 0 saturated carbocycles. The van der Waals surface area contributed by atoms with Crippen molar-refractivity contribution < 1.29 is 0 Å². The van der Waals surface area contributed by atoms with E-state index in [1.54, 1.807) is 0 Å². The zero-order valence-electron chi connectivity index (χ0n) is 28.8. The molecule has 8 aromatic rings. The molecule has 0 saturated heterocycles. The van der Waals surface area contributed by atoms with E-state index < -0.39 is 5.41 Å². The Morgan fingerprint density at radius 3 is 1.92 bits per heavy atom. The summed E-state index contributed by atoms with van der Waals surface area (Å²) >= 11 is 1.84. The van der Waals surface area contributed by atoms with Gasteiger partial charge in [0.05, 0.1) is 22.5 Å². The van der Waals surface area contributed by atoms with Crippen LogP contribution in [-0.4, -0.2) is 7.28 Å². The molecule has 0 aromatic heterocycles. The molecule has 0 fully saturated rings. The second kappa shape index (κ2) is 11.9. The highest BCUT2D eigenvalue weighted by atomic mass is 32.2. The summed E-state index contributed by atoms with van der Waals surface area (Å²) in [7, 11) is 2.44. The lowest BCUT2D eigenvalue weighted by Gasteiger charge is -2.49. The highest BCUT2D eigenvalue weighted by Gasteiger charge is 2.48. The SMILES string of the molecule is [B]1c2cccc3c2N(c2ccccc2C3(c2ccccc2)c2ccccc2)c2cc(-c3ccccc3)cc(-c3cccc4c3Nc3ccccc3S4)c21. The number of hydrogen-bond acceptors (Lipinski definition) is 3. The van der Waals surface area contributed by atoms with Gasteiger partial charge in [0.15, 0.2) is 7.28 Å². The van der Waals surface area contributed by atoms with Crippen molar-refractivity contribution in [2.75, 3.05) is 10.2 Å². The molecule has 0 aliphatic carbocycles. The Morgan fingerprint density at radius 1 is 0.491 bits per heavy atom. The van der Waals surface area contributed by atoms with E-state index >= 15 is 0 Å². The van der Waals surface area contributed by atoms with Crippen LogP contribution in [0, 0.1) is 0 Å². The second-order valence-electron chi connectivity index (χ2n) is 13.9. The Labute approximate surface area is 315 Å². The van der Waals surface area contributed by atoms with E-state index in [-0.39, 0.29) is 0 Å². The monoisotopic (exact) mass is 691 g/mol. The van der Waals surface area contributed by atoms with E-state index in [1.165, 1.54) is 82.3 Å². The fourth-order valence-corrected chi connectivity index (χ4v) is 9.95. The maximum Gasteiger partial charge on any atom is 0.197 e. The van der Waals surface area contributed by atoms with Crippen LogP contribution in [0.15, 0.2) is 198 Å². The van der Waals surface area contributed by atoms with Gasteiger partial charge in [0.1, 0.15) is 0 Å². The Bertz CT molecular complexity index is 2670. The number of fused-ring (bicyclic) bond motifs is 6. The molecule has 1 N–H and O–H groups in total. The number of benzene rings is 8. The van der Waals surface area contributed by atoms with E-state index in [1.807, 2.05) is 11.8 Å². The van der Waals surface area contributed by atoms with Gasteiger partial charge in [-0.2, -0.15) is 0 Å². The van der Waals surface area contributed by atoms with Crippen LogP contribution >= 0.6 is 11.8 Å². The highest BCUT2D eigenvalue weighted by molar-refractivity contribution is 7.99. The number of para-hydroxylation sites is 4. The van der Waals surface area contributed by atoms with Gasteiger partial charge in [0, 0.05) is 26.7 Å². The normalized spacial score (nSPS) is 14.0. The van der Waals surface area contributed by atoms with Gasteiger partial charge in [-0.15, -0.1) is 0 Å². The Balaban J connectivity index is 1.22. The standard InChI is InChI=1S/C49H32BN2S/c1-4-16-32(17-5-1)33-30-37(36-22-14-29-45-47(36)51-41-26-11-13-28-44(41)53-45)46-43(31-33)52-42-27-12-10-23-38(42)49(34-18-6-2-7-19-34,35-20-8-3-9-21-35)39-24-15-25-40(50-46)48(39)52/h1-31,51H. The van der Waals surface area contributed by atoms with Crippen LogP contribution < -0.4 is 21.1 Å². The van der Waals surface area contributed by atoms with Gasteiger partial charge in [-0.3, -0.25) is 0 Å². The van der Waals surface area contributed by atoms with Crippen molar-refractivity contribution in [2.45, 2.75) is 15.2 Å². The Morgan fingerprint density at radius 2 is 1.13 bits per heavy atom. The van der Waals surface area contributed by atoms with Crippen LogP contribution in [0.25, 0.3) is 22.3 Å². The van der Waals surface area contributed by atoms with E-state index in [0.717, 1.165) is 11.4 Å². The van der Waals surface area contributed by atoms with Crippen molar-refractivity contribution in [3.8, 4) is 22.3 Å². The quantitative estimate of drug-likeness (QED) is 0.185. The molecule has 1 radical (unpaired) electrons. The number of nitrogens with one attached hydrogen (secondary N) is 1. The van der Waals surface area contributed by atoms with E-state index in [0.29, 0.717) is 0 Å². The zero-order chi connectivity index (χ0) is 34.9. The molecule has 2 nitrogen and oxygen atoms in total. The van der Waals surface area contributed by atoms with E-state index in [2.05, 4.69) is 206 Å². The predicted octanol–water partition coefficient (Wildman–Crippen LogP) is 11.4. The molecular weight excluding hydrogens is 659 g/mol. The van der Waals surface area contributed by atoms with Gasteiger partial charge in [-0.1, -0.05) is 169 Å².